The number of para-hydroxylation sites is 1. The summed E-state index contributed by atoms with van der Waals surface area (Å²) in [5, 5.41) is 9.11. The summed E-state index contributed by atoms with van der Waals surface area (Å²) in [5.41, 5.74) is 1.07. The van der Waals surface area contributed by atoms with E-state index < -0.39 is 5.82 Å². The van der Waals surface area contributed by atoms with Gasteiger partial charge >= 0.3 is 0 Å². The average molecular weight is 338 g/mol. The Labute approximate surface area is 139 Å². The van der Waals surface area contributed by atoms with Crippen LogP contribution in [0.1, 0.15) is 15.9 Å². The van der Waals surface area contributed by atoms with Gasteiger partial charge in [0, 0.05) is 24.2 Å². The Kier molecular flexibility index (Phi) is 5.96. The van der Waals surface area contributed by atoms with Gasteiger partial charge in [-0.15, -0.1) is 0 Å². The van der Waals surface area contributed by atoms with Gasteiger partial charge in [0.1, 0.15) is 11.6 Å². The number of carbonyl (C=O) groups is 1. The van der Waals surface area contributed by atoms with Crippen LogP contribution in [0.3, 0.4) is 0 Å². The van der Waals surface area contributed by atoms with Crippen molar-refractivity contribution < 1.29 is 19.0 Å². The molecular formula is C17H17ClFNO3. The second-order valence-corrected chi connectivity index (χ2v) is 5.30. The molecule has 6 heteroatoms. The monoisotopic (exact) mass is 337 g/mol. The zero-order valence-electron chi connectivity index (χ0n) is 12.6. The fourth-order valence-electron chi connectivity index (χ4n) is 2.22. The summed E-state index contributed by atoms with van der Waals surface area (Å²) in [6.07, 6.45) is 0. The van der Waals surface area contributed by atoms with Crippen molar-refractivity contribution >= 4 is 17.5 Å². The second-order valence-electron chi connectivity index (χ2n) is 4.89. The maximum atomic E-state index is 13.2. The predicted molar refractivity (Wildman–Crippen MR) is 86.2 cm³/mol. The second kappa shape index (κ2) is 7.94. The van der Waals surface area contributed by atoms with Gasteiger partial charge in [0.2, 0.25) is 0 Å². The summed E-state index contributed by atoms with van der Waals surface area (Å²) in [6.45, 7) is 0.222. The third kappa shape index (κ3) is 4.21. The topological polar surface area (TPSA) is 49.8 Å². The van der Waals surface area contributed by atoms with Gasteiger partial charge in [0.25, 0.3) is 5.91 Å². The Balaban J connectivity index is 2.26. The van der Waals surface area contributed by atoms with Crippen LogP contribution in [0.4, 0.5) is 4.39 Å². The van der Waals surface area contributed by atoms with E-state index in [4.69, 9.17) is 16.3 Å². The van der Waals surface area contributed by atoms with E-state index >= 15 is 0 Å². The van der Waals surface area contributed by atoms with Gasteiger partial charge in [0.05, 0.1) is 18.7 Å². The summed E-state index contributed by atoms with van der Waals surface area (Å²) >= 11 is 5.73. The Bertz CT molecular complexity index is 693. The SMILES string of the molecule is COc1ccccc1CN(CCO)C(=O)c1ccc(F)c(Cl)c1. The van der Waals surface area contributed by atoms with E-state index in [-0.39, 0.29) is 36.2 Å². The Morgan fingerprint density at radius 3 is 2.70 bits per heavy atom. The maximum absolute atomic E-state index is 13.2. The van der Waals surface area contributed by atoms with E-state index in [0.29, 0.717) is 5.75 Å². The number of benzene rings is 2. The lowest BCUT2D eigenvalue weighted by molar-refractivity contribution is 0.0706. The molecule has 1 N–H and O–H groups in total. The molecule has 4 nitrogen and oxygen atoms in total. The lowest BCUT2D eigenvalue weighted by Crippen LogP contribution is -2.33. The standard InChI is InChI=1S/C17H17ClFNO3/c1-23-16-5-3-2-4-13(16)11-20(8-9-21)17(22)12-6-7-15(19)14(18)10-12/h2-7,10,21H,8-9,11H2,1H3. The van der Waals surface area contributed by atoms with Crippen molar-refractivity contribution in [2.45, 2.75) is 6.54 Å². The molecule has 0 aliphatic heterocycles. The molecule has 0 bridgehead atoms. The third-order valence-electron chi connectivity index (χ3n) is 3.38. The Morgan fingerprint density at radius 2 is 2.04 bits per heavy atom. The first-order valence-electron chi connectivity index (χ1n) is 7.04. The van der Waals surface area contributed by atoms with Crippen LogP contribution >= 0.6 is 11.6 Å². The molecule has 2 rings (SSSR count). The number of nitrogens with zero attached hydrogens (tertiary/aromatic N) is 1. The zero-order valence-corrected chi connectivity index (χ0v) is 13.4. The van der Waals surface area contributed by atoms with E-state index in [0.717, 1.165) is 11.6 Å². The molecule has 23 heavy (non-hydrogen) atoms. The van der Waals surface area contributed by atoms with Crippen molar-refractivity contribution in [1.82, 2.24) is 4.90 Å². The summed E-state index contributed by atoms with van der Waals surface area (Å²) in [4.78, 5) is 14.1. The summed E-state index contributed by atoms with van der Waals surface area (Å²) in [7, 11) is 1.55. The van der Waals surface area contributed by atoms with Crippen molar-refractivity contribution in [3.63, 3.8) is 0 Å². The van der Waals surface area contributed by atoms with Gasteiger partial charge < -0.3 is 14.7 Å². The van der Waals surface area contributed by atoms with Crippen LogP contribution in [0.5, 0.6) is 5.75 Å². The highest BCUT2D eigenvalue weighted by atomic mass is 35.5. The Hall–Kier alpha value is -2.11. The molecule has 0 fully saturated rings. The van der Waals surface area contributed by atoms with E-state index in [2.05, 4.69) is 0 Å². The normalized spacial score (nSPS) is 10.4. The summed E-state index contributed by atoms with van der Waals surface area (Å²) in [6, 6.07) is 11.1. The number of halogens is 2. The largest absolute Gasteiger partial charge is 0.496 e. The quantitative estimate of drug-likeness (QED) is 0.881. The maximum Gasteiger partial charge on any atom is 0.254 e. The average Bonchev–Trinajstić information content (AvgIpc) is 2.56. The summed E-state index contributed by atoms with van der Waals surface area (Å²) in [5.74, 6) is -0.270. The highest BCUT2D eigenvalue weighted by molar-refractivity contribution is 6.31. The molecule has 0 saturated carbocycles. The Morgan fingerprint density at radius 1 is 1.30 bits per heavy atom. The highest BCUT2D eigenvalue weighted by Gasteiger charge is 2.18. The minimum atomic E-state index is -0.582. The van der Waals surface area contributed by atoms with Gasteiger partial charge in [-0.2, -0.15) is 0 Å². The van der Waals surface area contributed by atoms with E-state index in [1.165, 1.54) is 17.0 Å². The van der Waals surface area contributed by atoms with Crippen molar-refractivity contribution in [2.24, 2.45) is 0 Å². The first kappa shape index (κ1) is 17.2. The number of aliphatic hydroxyl groups excluding tert-OH is 1. The van der Waals surface area contributed by atoms with Crippen molar-refractivity contribution in [3.05, 3.63) is 64.4 Å². The molecular weight excluding hydrogens is 321 g/mol. The molecule has 0 radical (unpaired) electrons. The molecule has 122 valence electrons. The first-order chi connectivity index (χ1) is 11.1. The molecule has 2 aromatic carbocycles. The fraction of sp³-hybridized carbons (Fsp3) is 0.235. The van der Waals surface area contributed by atoms with Crippen LogP contribution in [0.25, 0.3) is 0 Å². The number of methoxy groups -OCH3 is 1. The lowest BCUT2D eigenvalue weighted by Gasteiger charge is -2.23. The number of ether oxygens (including phenoxy) is 1. The molecule has 2 aromatic rings. The minimum absolute atomic E-state index is 0.114. The van der Waals surface area contributed by atoms with Crippen molar-refractivity contribution in [2.75, 3.05) is 20.3 Å². The summed E-state index contributed by atoms with van der Waals surface area (Å²) < 4.78 is 18.5. The van der Waals surface area contributed by atoms with Gasteiger partial charge in [-0.25, -0.2) is 4.39 Å². The fourth-order valence-corrected chi connectivity index (χ4v) is 2.40. The van der Waals surface area contributed by atoms with Crippen LogP contribution in [-0.4, -0.2) is 36.2 Å². The molecule has 0 spiro atoms. The first-order valence-corrected chi connectivity index (χ1v) is 7.41. The van der Waals surface area contributed by atoms with Gasteiger partial charge in [-0.3, -0.25) is 4.79 Å². The number of hydrogen-bond donors (Lipinski definition) is 1. The van der Waals surface area contributed by atoms with Crippen molar-refractivity contribution in [3.8, 4) is 5.75 Å². The molecule has 0 aromatic heterocycles. The zero-order chi connectivity index (χ0) is 16.8. The van der Waals surface area contributed by atoms with Crippen LogP contribution in [0.2, 0.25) is 5.02 Å². The molecule has 0 aliphatic rings. The van der Waals surface area contributed by atoms with Crippen LogP contribution in [0.15, 0.2) is 42.5 Å². The van der Waals surface area contributed by atoms with Crippen molar-refractivity contribution in [1.29, 1.82) is 0 Å². The van der Waals surface area contributed by atoms with Crippen LogP contribution in [-0.2, 0) is 6.54 Å². The third-order valence-corrected chi connectivity index (χ3v) is 3.67. The number of aliphatic hydroxyl groups is 1. The van der Waals surface area contributed by atoms with Gasteiger partial charge in [-0.1, -0.05) is 29.8 Å². The lowest BCUT2D eigenvalue weighted by atomic mass is 10.1. The minimum Gasteiger partial charge on any atom is -0.496 e. The van der Waals surface area contributed by atoms with Crippen LogP contribution < -0.4 is 4.74 Å². The number of rotatable bonds is 6. The van der Waals surface area contributed by atoms with E-state index in [1.54, 1.807) is 13.2 Å². The highest BCUT2D eigenvalue weighted by Crippen LogP contribution is 2.22. The smallest absolute Gasteiger partial charge is 0.254 e. The molecule has 0 unspecified atom stereocenters. The number of carbonyl (C=O) groups excluding carboxylic acids is 1. The molecule has 0 atom stereocenters. The van der Waals surface area contributed by atoms with E-state index in [1.807, 2.05) is 18.2 Å². The number of amides is 1. The predicted octanol–water partition coefficient (Wildman–Crippen LogP) is 3.12. The molecule has 0 saturated heterocycles. The van der Waals surface area contributed by atoms with E-state index in [9.17, 15) is 14.3 Å². The molecule has 1 amide bonds. The van der Waals surface area contributed by atoms with Gasteiger partial charge in [-0.05, 0) is 24.3 Å². The molecule has 0 heterocycles. The molecule has 0 aliphatic carbocycles. The number of hydrogen-bond acceptors (Lipinski definition) is 3. The van der Waals surface area contributed by atoms with Gasteiger partial charge in [0.15, 0.2) is 0 Å². The van der Waals surface area contributed by atoms with Crippen LogP contribution in [0, 0.1) is 5.82 Å².